The first-order valence-corrected chi connectivity index (χ1v) is 19.1. The number of aryl methyl sites for hydroxylation is 2. The maximum atomic E-state index is 13.4. The van der Waals surface area contributed by atoms with Crippen molar-refractivity contribution in [1.29, 1.82) is 0 Å². The minimum Gasteiger partial charge on any atom is -0.507 e. The smallest absolute Gasteiger partial charge is 0.364 e. The summed E-state index contributed by atoms with van der Waals surface area (Å²) in [6.07, 6.45) is -1.18. The number of phenols is 1. The molecule has 55 heavy (non-hydrogen) atoms. The lowest BCUT2D eigenvalue weighted by atomic mass is 9.87. The van der Waals surface area contributed by atoms with Crippen LogP contribution in [0, 0.1) is 13.8 Å². The molecule has 1 aliphatic heterocycles. The minimum atomic E-state index is -2.65. The number of carboxylic acid groups (broad SMARTS) is 1. The zero-order valence-electron chi connectivity index (χ0n) is 30.5. The molecule has 3 aromatic rings. The summed E-state index contributed by atoms with van der Waals surface area (Å²) in [5, 5.41) is 68.0. The van der Waals surface area contributed by atoms with Gasteiger partial charge in [-0.1, -0.05) is 54.8 Å². The van der Waals surface area contributed by atoms with E-state index in [1.165, 1.54) is 44.3 Å². The number of aliphatic hydroxyl groups excluding tert-OH is 3. The second-order valence-corrected chi connectivity index (χ2v) is 15.0. The van der Waals surface area contributed by atoms with E-state index < -0.39 is 77.6 Å². The maximum Gasteiger partial charge on any atom is 0.364 e. The van der Waals surface area contributed by atoms with E-state index in [2.05, 4.69) is 20.9 Å². The Balaban J connectivity index is 1.35. The molecular weight excluding hydrogens is 831 g/mol. The molecule has 2 aliphatic rings. The van der Waals surface area contributed by atoms with Crippen LogP contribution >= 0.6 is 22.6 Å². The topological polar surface area (TPSA) is 246 Å². The van der Waals surface area contributed by atoms with Crippen molar-refractivity contribution in [3.05, 3.63) is 76.6 Å². The van der Waals surface area contributed by atoms with Gasteiger partial charge in [-0.15, -0.1) is 5.10 Å². The highest BCUT2D eigenvalue weighted by atomic mass is 127. The molecule has 3 amide bonds. The number of aromatic nitrogens is 3. The number of aliphatic carboxylic acids is 1. The third kappa shape index (κ3) is 10.6. The van der Waals surface area contributed by atoms with Crippen LogP contribution in [-0.2, 0) is 32.2 Å². The Morgan fingerprint density at radius 3 is 2.40 bits per heavy atom. The molecule has 17 nitrogen and oxygen atoms in total. The Bertz CT molecular complexity index is 1800. The van der Waals surface area contributed by atoms with Crippen LogP contribution in [0.4, 0.5) is 4.79 Å². The van der Waals surface area contributed by atoms with Gasteiger partial charge in [0.15, 0.2) is 0 Å². The molecule has 2 fully saturated rings. The number of carbonyl (C=O) groups is 4. The van der Waals surface area contributed by atoms with E-state index in [0.29, 0.717) is 11.1 Å². The SMILES string of the molecule is Cc1cc(C(=O)NC[C@@H](O)[C@@H](O)C2O[C@@](OCN(Cc3ccccc3)C(=O)I)(C(=O)O)CC(O)[C@H]2NC(=O)Cn2cc(C3CCCCC3)nn2)cc(C)c1O. The summed E-state index contributed by atoms with van der Waals surface area (Å²) in [5.41, 5.74) is 2.55. The van der Waals surface area contributed by atoms with Gasteiger partial charge in [0.1, 0.15) is 31.2 Å². The summed E-state index contributed by atoms with van der Waals surface area (Å²) in [7, 11) is 0. The lowest BCUT2D eigenvalue weighted by Gasteiger charge is -2.47. The van der Waals surface area contributed by atoms with Crippen molar-refractivity contribution in [2.45, 2.75) is 108 Å². The normalized spacial score (nSPS) is 22.7. The molecule has 1 aliphatic carbocycles. The van der Waals surface area contributed by atoms with Gasteiger partial charge in [0.05, 0.1) is 23.9 Å². The number of halogens is 1. The first kappa shape index (κ1) is 41.9. The summed E-state index contributed by atoms with van der Waals surface area (Å²) in [4.78, 5) is 53.0. The van der Waals surface area contributed by atoms with Crippen molar-refractivity contribution < 1.29 is 54.2 Å². The number of nitrogens with zero attached hydrogens (tertiary/aromatic N) is 4. The van der Waals surface area contributed by atoms with Crippen molar-refractivity contribution in [2.75, 3.05) is 13.3 Å². The Labute approximate surface area is 331 Å². The Hall–Kier alpha value is -4.21. The van der Waals surface area contributed by atoms with Crippen molar-refractivity contribution in [3.63, 3.8) is 0 Å². The van der Waals surface area contributed by atoms with E-state index in [-0.39, 0.29) is 30.3 Å². The molecule has 0 radical (unpaired) electrons. The monoisotopic (exact) mass is 878 g/mol. The van der Waals surface area contributed by atoms with Crippen molar-refractivity contribution in [1.82, 2.24) is 30.5 Å². The first-order chi connectivity index (χ1) is 26.2. The molecule has 18 heteroatoms. The molecule has 2 unspecified atom stereocenters. The third-order valence-electron chi connectivity index (χ3n) is 9.99. The number of rotatable bonds is 15. The van der Waals surface area contributed by atoms with E-state index >= 15 is 0 Å². The number of aromatic hydroxyl groups is 1. The molecule has 6 atom stereocenters. The molecule has 5 rings (SSSR count). The number of carbonyl (C=O) groups excluding carboxylic acids is 3. The second-order valence-electron chi connectivity index (χ2n) is 14.1. The van der Waals surface area contributed by atoms with Crippen LogP contribution in [0.15, 0.2) is 48.7 Å². The van der Waals surface area contributed by atoms with Gasteiger partial charge in [-0.05, 0) is 55.5 Å². The van der Waals surface area contributed by atoms with E-state index in [9.17, 15) is 44.7 Å². The standard InChI is InChI=1S/C37H47IN6O11/c1-21-13-25(14-22(2)31(21)48)34(50)39-16-28(46)32(49)33-30(40-29(47)19-44-18-26(41-42-44)24-11-7-4-8-12-24)27(45)15-37(55-33,35(51)52)54-20-43(36(38)53)17-23-9-5-3-6-10-23/h3,5-6,9-10,13-14,18,24,27-28,30,32-33,45-46,48-49H,4,7-8,11-12,15-17,19-20H2,1-2H3,(H,39,50)(H,40,47)(H,51,52)/t27?,28-,30-,32-,33?,37-/m1/s1. The zero-order valence-corrected chi connectivity index (χ0v) is 32.7. The number of aliphatic hydroxyl groups is 3. The molecule has 0 spiro atoms. The number of phenolic OH excluding ortho intramolecular Hbond substituents is 1. The number of hydrogen-bond donors (Lipinski definition) is 7. The average Bonchev–Trinajstić information content (AvgIpc) is 3.63. The second kappa shape index (κ2) is 18.6. The molecule has 0 bridgehead atoms. The van der Waals surface area contributed by atoms with Gasteiger partial charge in [0.25, 0.3) is 15.6 Å². The fourth-order valence-corrected chi connectivity index (χ4v) is 7.25. The molecule has 298 valence electrons. The van der Waals surface area contributed by atoms with Gasteiger partial charge in [-0.3, -0.25) is 14.4 Å². The Morgan fingerprint density at radius 1 is 1.09 bits per heavy atom. The van der Waals surface area contributed by atoms with Crippen LogP contribution in [0.2, 0.25) is 0 Å². The Kier molecular flexibility index (Phi) is 14.2. The summed E-state index contributed by atoms with van der Waals surface area (Å²) in [6.45, 7) is 1.79. The van der Waals surface area contributed by atoms with E-state index in [0.717, 1.165) is 43.4 Å². The van der Waals surface area contributed by atoms with Crippen LogP contribution in [0.1, 0.15) is 77.2 Å². The van der Waals surface area contributed by atoms with Crippen LogP contribution in [-0.4, -0.2) is 117 Å². The van der Waals surface area contributed by atoms with Gasteiger partial charge >= 0.3 is 5.97 Å². The maximum absolute atomic E-state index is 13.4. The van der Waals surface area contributed by atoms with Gasteiger partial charge in [-0.25, -0.2) is 9.48 Å². The van der Waals surface area contributed by atoms with E-state index in [1.54, 1.807) is 50.4 Å². The fraction of sp³-hybridized carbons (Fsp3) is 0.514. The molecule has 7 N–H and O–H groups in total. The summed E-state index contributed by atoms with van der Waals surface area (Å²) >= 11 is 1.53. The van der Waals surface area contributed by atoms with E-state index in [4.69, 9.17) is 9.47 Å². The average molecular weight is 879 g/mol. The van der Waals surface area contributed by atoms with E-state index in [1.807, 2.05) is 0 Å². The number of amides is 3. The quantitative estimate of drug-likeness (QED) is 0.0502. The first-order valence-electron chi connectivity index (χ1n) is 18.0. The highest BCUT2D eigenvalue weighted by Gasteiger charge is 2.56. The van der Waals surface area contributed by atoms with Crippen molar-refractivity contribution in [2.24, 2.45) is 0 Å². The number of nitrogens with one attached hydrogen (secondary N) is 2. The minimum absolute atomic E-state index is 0.0248. The van der Waals surface area contributed by atoms with Crippen molar-refractivity contribution >= 4 is 44.3 Å². The molecule has 1 saturated carbocycles. The fourth-order valence-electron chi connectivity index (χ4n) is 6.94. The molecule has 1 aromatic heterocycles. The van der Waals surface area contributed by atoms with Gasteiger partial charge < -0.3 is 50.5 Å². The van der Waals surface area contributed by atoms with Crippen LogP contribution in [0.25, 0.3) is 0 Å². The highest BCUT2D eigenvalue weighted by molar-refractivity contribution is 14.1. The predicted molar refractivity (Wildman–Crippen MR) is 203 cm³/mol. The molecule has 2 aromatic carbocycles. The summed E-state index contributed by atoms with van der Waals surface area (Å²) < 4.78 is 12.5. The number of benzene rings is 2. The largest absolute Gasteiger partial charge is 0.507 e. The predicted octanol–water partition coefficient (Wildman–Crippen LogP) is 2.25. The van der Waals surface area contributed by atoms with Crippen LogP contribution in [0.5, 0.6) is 5.75 Å². The lowest BCUT2D eigenvalue weighted by Crippen LogP contribution is -2.68. The lowest BCUT2D eigenvalue weighted by molar-refractivity contribution is -0.316. The molecule has 1 saturated heterocycles. The number of carboxylic acids is 1. The molecular formula is C37H47IN6O11. The number of hydrogen-bond acceptors (Lipinski definition) is 12. The van der Waals surface area contributed by atoms with Crippen LogP contribution < -0.4 is 10.6 Å². The van der Waals surface area contributed by atoms with Gasteiger partial charge in [0, 0.05) is 59.8 Å². The third-order valence-corrected chi connectivity index (χ3v) is 10.7. The summed E-state index contributed by atoms with van der Waals surface area (Å²) in [5.74, 6) is -5.42. The van der Waals surface area contributed by atoms with Gasteiger partial charge in [-0.2, -0.15) is 0 Å². The zero-order chi connectivity index (χ0) is 39.9. The number of ether oxygens (including phenoxy) is 2. The summed E-state index contributed by atoms with van der Waals surface area (Å²) in [6, 6.07) is 10.3. The highest BCUT2D eigenvalue weighted by Crippen LogP contribution is 2.35. The van der Waals surface area contributed by atoms with Crippen LogP contribution in [0.3, 0.4) is 0 Å². The Morgan fingerprint density at radius 2 is 1.76 bits per heavy atom. The van der Waals surface area contributed by atoms with Gasteiger partial charge in [0.2, 0.25) is 5.91 Å². The van der Waals surface area contributed by atoms with Crippen molar-refractivity contribution in [3.8, 4) is 5.75 Å². The molecule has 2 heterocycles.